The van der Waals surface area contributed by atoms with Gasteiger partial charge in [-0.25, -0.2) is 0 Å². The molecule has 2 aromatic rings. The fraction of sp³-hybridized carbons (Fsp3) is 0.0714. The quantitative estimate of drug-likeness (QED) is 0.483. The summed E-state index contributed by atoms with van der Waals surface area (Å²) in [7, 11) is 0. The van der Waals surface area contributed by atoms with Crippen LogP contribution in [0.1, 0.15) is 15.9 Å². The zero-order valence-corrected chi connectivity index (χ0v) is 15.0. The van der Waals surface area contributed by atoms with Crippen LogP contribution in [0.5, 0.6) is 5.75 Å². The number of hydrogen-bond acceptors (Lipinski definition) is 2. The van der Waals surface area contributed by atoms with Gasteiger partial charge in [0.25, 0.3) is 0 Å². The first kappa shape index (κ1) is 15.0. The van der Waals surface area contributed by atoms with Crippen LogP contribution in [0.2, 0.25) is 0 Å². The molecular weight excluding hydrogens is 487 g/mol. The van der Waals surface area contributed by atoms with Gasteiger partial charge in [-0.3, -0.25) is 4.79 Å². The van der Waals surface area contributed by atoms with Crippen LogP contribution < -0.4 is 0 Å². The average molecular weight is 496 g/mol. The van der Waals surface area contributed by atoms with Crippen molar-refractivity contribution in [2.75, 3.05) is 0 Å². The zero-order chi connectivity index (χ0) is 14.0. The van der Waals surface area contributed by atoms with E-state index in [1.165, 1.54) is 6.07 Å². The third-order valence-electron chi connectivity index (χ3n) is 2.62. The number of hydrogen-bond donors (Lipinski definition) is 1. The number of aromatic hydroxyl groups is 1. The average Bonchev–Trinajstić information content (AvgIpc) is 2.33. The molecule has 0 fully saturated rings. The minimum absolute atomic E-state index is 0.00406. The highest BCUT2D eigenvalue weighted by molar-refractivity contribution is 14.1. The number of carbonyl (C=O) groups excluding carboxylic acids is 1. The van der Waals surface area contributed by atoms with E-state index in [1.54, 1.807) is 12.1 Å². The number of ketones is 1. The SMILES string of the molecule is O=C(Cc1cc(Br)ccc1I)c1ccc(Br)cc1O. The van der Waals surface area contributed by atoms with E-state index < -0.39 is 0 Å². The van der Waals surface area contributed by atoms with Crippen LogP contribution in [0.4, 0.5) is 0 Å². The highest BCUT2D eigenvalue weighted by Crippen LogP contribution is 2.25. The molecule has 0 aromatic heterocycles. The van der Waals surface area contributed by atoms with Crippen LogP contribution in [0, 0.1) is 3.57 Å². The molecule has 0 unspecified atom stereocenters. The van der Waals surface area contributed by atoms with Crippen LogP contribution in [0.25, 0.3) is 0 Å². The second-order valence-electron chi connectivity index (χ2n) is 4.00. The van der Waals surface area contributed by atoms with Crippen molar-refractivity contribution in [3.05, 3.63) is 60.0 Å². The fourth-order valence-electron chi connectivity index (χ4n) is 1.69. The van der Waals surface area contributed by atoms with Crippen molar-refractivity contribution in [3.63, 3.8) is 0 Å². The van der Waals surface area contributed by atoms with Gasteiger partial charge in [-0.2, -0.15) is 0 Å². The smallest absolute Gasteiger partial charge is 0.170 e. The number of carbonyl (C=O) groups is 1. The molecule has 0 bridgehead atoms. The Kier molecular flexibility index (Phi) is 5.03. The Balaban J connectivity index is 2.28. The predicted octanol–water partition coefficient (Wildman–Crippen LogP) is 4.95. The molecule has 0 spiro atoms. The molecule has 19 heavy (non-hydrogen) atoms. The maximum atomic E-state index is 12.2. The minimum atomic E-state index is -0.0963. The largest absolute Gasteiger partial charge is 0.507 e. The van der Waals surface area contributed by atoms with Crippen molar-refractivity contribution in [1.82, 2.24) is 0 Å². The van der Waals surface area contributed by atoms with Crippen molar-refractivity contribution in [2.45, 2.75) is 6.42 Å². The van der Waals surface area contributed by atoms with Crippen molar-refractivity contribution in [2.24, 2.45) is 0 Å². The third-order valence-corrected chi connectivity index (χ3v) is 4.66. The number of halogens is 3. The van der Waals surface area contributed by atoms with Gasteiger partial charge >= 0.3 is 0 Å². The van der Waals surface area contributed by atoms with Crippen molar-refractivity contribution in [3.8, 4) is 5.75 Å². The second kappa shape index (κ2) is 6.37. The van der Waals surface area contributed by atoms with Gasteiger partial charge in [0.2, 0.25) is 0 Å². The highest BCUT2D eigenvalue weighted by Gasteiger charge is 2.13. The highest BCUT2D eigenvalue weighted by atomic mass is 127. The summed E-state index contributed by atoms with van der Waals surface area (Å²) in [6.07, 6.45) is 0.271. The number of phenolic OH excluding ortho intramolecular Hbond substituents is 1. The fourth-order valence-corrected chi connectivity index (χ4v) is 2.97. The lowest BCUT2D eigenvalue weighted by molar-refractivity contribution is 0.0990. The molecule has 0 saturated heterocycles. The Morgan fingerprint density at radius 1 is 1.11 bits per heavy atom. The Hall–Kier alpha value is -0.400. The van der Waals surface area contributed by atoms with Crippen LogP contribution in [0.3, 0.4) is 0 Å². The molecule has 2 aromatic carbocycles. The van der Waals surface area contributed by atoms with Gasteiger partial charge in [-0.15, -0.1) is 0 Å². The second-order valence-corrected chi connectivity index (χ2v) is 6.99. The molecule has 1 N–H and O–H groups in total. The summed E-state index contributed by atoms with van der Waals surface area (Å²) in [5.41, 5.74) is 1.29. The lowest BCUT2D eigenvalue weighted by Crippen LogP contribution is -2.05. The Morgan fingerprint density at radius 2 is 1.74 bits per heavy atom. The summed E-state index contributed by atoms with van der Waals surface area (Å²) in [4.78, 5) is 12.2. The van der Waals surface area contributed by atoms with E-state index in [0.29, 0.717) is 5.56 Å². The summed E-state index contributed by atoms with van der Waals surface area (Å²) in [6, 6.07) is 10.7. The molecule has 0 atom stereocenters. The Bertz CT molecular complexity index is 641. The van der Waals surface area contributed by atoms with E-state index in [2.05, 4.69) is 54.5 Å². The van der Waals surface area contributed by atoms with E-state index in [4.69, 9.17) is 0 Å². The van der Waals surface area contributed by atoms with E-state index in [1.807, 2.05) is 18.2 Å². The molecular formula is C14H9Br2IO2. The summed E-state index contributed by atoms with van der Waals surface area (Å²) < 4.78 is 2.72. The van der Waals surface area contributed by atoms with Gasteiger partial charge in [0.05, 0.1) is 5.56 Å². The zero-order valence-electron chi connectivity index (χ0n) is 9.66. The third kappa shape index (κ3) is 3.79. The Morgan fingerprint density at radius 3 is 2.42 bits per heavy atom. The van der Waals surface area contributed by atoms with Gasteiger partial charge < -0.3 is 5.11 Å². The molecule has 5 heteroatoms. The van der Waals surface area contributed by atoms with Crippen LogP contribution in [0.15, 0.2) is 45.3 Å². The van der Waals surface area contributed by atoms with Gasteiger partial charge in [0, 0.05) is 18.9 Å². The van der Waals surface area contributed by atoms with Gasteiger partial charge in [-0.1, -0.05) is 31.9 Å². The topological polar surface area (TPSA) is 37.3 Å². The van der Waals surface area contributed by atoms with E-state index in [9.17, 15) is 9.90 Å². The van der Waals surface area contributed by atoms with E-state index >= 15 is 0 Å². The van der Waals surface area contributed by atoms with Gasteiger partial charge in [0.1, 0.15) is 5.75 Å². The number of Topliss-reactive ketones (excluding diaryl/α,β-unsaturated/α-hetero) is 1. The van der Waals surface area contributed by atoms with Gasteiger partial charge in [-0.05, 0) is 64.6 Å². The summed E-state index contributed by atoms with van der Waals surface area (Å²) in [6.45, 7) is 0. The molecule has 0 radical (unpaired) electrons. The molecule has 0 heterocycles. The molecule has 0 aliphatic carbocycles. The normalized spacial score (nSPS) is 10.5. The number of benzene rings is 2. The van der Waals surface area contributed by atoms with Crippen molar-refractivity contribution >= 4 is 60.2 Å². The van der Waals surface area contributed by atoms with Crippen molar-refractivity contribution < 1.29 is 9.90 Å². The lowest BCUT2D eigenvalue weighted by atomic mass is 10.0. The molecule has 2 rings (SSSR count). The summed E-state index contributed by atoms with van der Waals surface area (Å²) >= 11 is 8.85. The summed E-state index contributed by atoms with van der Waals surface area (Å²) in [5.74, 6) is -0.0922. The maximum Gasteiger partial charge on any atom is 0.170 e. The lowest BCUT2D eigenvalue weighted by Gasteiger charge is -2.07. The Labute approximate surface area is 141 Å². The molecule has 2 nitrogen and oxygen atoms in total. The molecule has 0 aliphatic heterocycles. The standard InChI is InChI=1S/C14H9Br2IO2/c15-9-2-4-12(17)8(5-9)6-13(18)11-3-1-10(16)7-14(11)19/h1-5,7,19H,6H2. The molecule has 98 valence electrons. The first-order valence-corrected chi connectivity index (χ1v) is 8.09. The maximum absolute atomic E-state index is 12.2. The van der Waals surface area contributed by atoms with Crippen LogP contribution in [-0.4, -0.2) is 10.9 Å². The first-order chi connectivity index (χ1) is 8.97. The number of rotatable bonds is 3. The van der Waals surface area contributed by atoms with Gasteiger partial charge in [0.15, 0.2) is 5.78 Å². The van der Waals surface area contributed by atoms with Crippen molar-refractivity contribution in [1.29, 1.82) is 0 Å². The minimum Gasteiger partial charge on any atom is -0.507 e. The van der Waals surface area contributed by atoms with E-state index in [0.717, 1.165) is 18.1 Å². The molecule has 0 aliphatic rings. The van der Waals surface area contributed by atoms with E-state index in [-0.39, 0.29) is 18.0 Å². The summed E-state index contributed by atoms with van der Waals surface area (Å²) in [5, 5.41) is 9.80. The number of phenols is 1. The monoisotopic (exact) mass is 494 g/mol. The van der Waals surface area contributed by atoms with Crippen LogP contribution in [-0.2, 0) is 6.42 Å². The first-order valence-electron chi connectivity index (χ1n) is 5.43. The van der Waals surface area contributed by atoms with Crippen LogP contribution >= 0.6 is 54.5 Å². The molecule has 0 amide bonds. The molecule has 0 saturated carbocycles. The predicted molar refractivity (Wildman–Crippen MR) is 90.7 cm³/mol.